The van der Waals surface area contributed by atoms with Crippen LogP contribution >= 0.6 is 0 Å². The lowest BCUT2D eigenvalue weighted by molar-refractivity contribution is 0.908. The summed E-state index contributed by atoms with van der Waals surface area (Å²) in [6.45, 7) is 2.18. The van der Waals surface area contributed by atoms with Gasteiger partial charge in [0.1, 0.15) is 5.82 Å². The number of hydrogen-bond donors (Lipinski definition) is 0. The smallest absolute Gasteiger partial charge is 0.114 e. The largest absolute Gasteiger partial charge is 0.296 e. The molecule has 0 spiro atoms. The van der Waals surface area contributed by atoms with E-state index in [1.165, 1.54) is 76.5 Å². The number of hydrogen-bond acceptors (Lipinski definition) is 1. The van der Waals surface area contributed by atoms with Crippen molar-refractivity contribution in [3.05, 3.63) is 182 Å². The minimum Gasteiger partial charge on any atom is -0.296 e. The first-order valence-electron chi connectivity index (χ1n) is 17.8. The number of imidazole rings is 1. The van der Waals surface area contributed by atoms with Gasteiger partial charge >= 0.3 is 0 Å². The maximum absolute atomic E-state index is 4.95. The lowest BCUT2D eigenvalue weighted by Gasteiger charge is -2.19. The second-order valence-electron chi connectivity index (χ2n) is 13.4. The average molecular weight is 651 g/mol. The van der Waals surface area contributed by atoms with Crippen molar-refractivity contribution in [1.82, 2.24) is 9.55 Å². The highest BCUT2D eigenvalue weighted by Gasteiger charge is 2.19. The standard InChI is InChI=1S/C49H34N2/c1-2-47-50-45-17-9-10-18-46(45)51(47)40-26-23-34(24-27-40)48-41-15-7-8-16-42(41)49(39-22-20-33-12-4-6-14-36(33)30-39)43-28-25-38(31-44(43)48)37-21-19-32-11-3-5-13-35(32)29-37/h3-31H,2H2,1H3. The van der Waals surface area contributed by atoms with Gasteiger partial charge in [0.15, 0.2) is 0 Å². The lowest BCUT2D eigenvalue weighted by atomic mass is 9.84. The molecular formula is C49H34N2. The van der Waals surface area contributed by atoms with Crippen molar-refractivity contribution in [2.24, 2.45) is 0 Å². The van der Waals surface area contributed by atoms with Crippen LogP contribution in [0, 0.1) is 0 Å². The van der Waals surface area contributed by atoms with Crippen molar-refractivity contribution in [3.63, 3.8) is 0 Å². The Labute approximate surface area is 296 Å². The number of nitrogens with zero attached hydrogens (tertiary/aromatic N) is 2. The molecule has 2 nitrogen and oxygen atoms in total. The van der Waals surface area contributed by atoms with E-state index in [1.807, 2.05) is 0 Å². The number of aryl methyl sites for hydroxylation is 1. The zero-order valence-corrected chi connectivity index (χ0v) is 28.3. The van der Waals surface area contributed by atoms with Crippen LogP contribution in [0.5, 0.6) is 0 Å². The molecule has 0 atom stereocenters. The van der Waals surface area contributed by atoms with E-state index >= 15 is 0 Å². The molecule has 10 rings (SSSR count). The second kappa shape index (κ2) is 11.8. The summed E-state index contributed by atoms with van der Waals surface area (Å²) < 4.78 is 2.30. The topological polar surface area (TPSA) is 17.8 Å². The fraction of sp³-hybridized carbons (Fsp3) is 0.0408. The molecule has 0 saturated carbocycles. The molecule has 0 saturated heterocycles. The van der Waals surface area contributed by atoms with Crippen LogP contribution < -0.4 is 0 Å². The normalized spacial score (nSPS) is 11.7. The van der Waals surface area contributed by atoms with E-state index in [4.69, 9.17) is 4.98 Å². The van der Waals surface area contributed by atoms with Gasteiger partial charge in [0.05, 0.1) is 11.0 Å². The van der Waals surface area contributed by atoms with E-state index in [9.17, 15) is 0 Å². The van der Waals surface area contributed by atoms with Crippen molar-refractivity contribution in [2.75, 3.05) is 0 Å². The third kappa shape index (κ3) is 4.83. The lowest BCUT2D eigenvalue weighted by Crippen LogP contribution is -2.00. The number of fused-ring (bicyclic) bond motifs is 5. The number of aromatic nitrogens is 2. The highest BCUT2D eigenvalue weighted by molar-refractivity contribution is 6.22. The number of para-hydroxylation sites is 2. The van der Waals surface area contributed by atoms with Crippen LogP contribution in [-0.2, 0) is 6.42 Å². The Morgan fingerprint density at radius 3 is 1.63 bits per heavy atom. The first-order chi connectivity index (χ1) is 25.2. The summed E-state index contributed by atoms with van der Waals surface area (Å²) >= 11 is 0. The predicted molar refractivity (Wildman–Crippen MR) is 217 cm³/mol. The van der Waals surface area contributed by atoms with E-state index in [1.54, 1.807) is 0 Å². The average Bonchev–Trinajstić information content (AvgIpc) is 3.58. The van der Waals surface area contributed by atoms with Gasteiger partial charge in [-0.1, -0.05) is 140 Å². The van der Waals surface area contributed by atoms with Crippen molar-refractivity contribution in [2.45, 2.75) is 13.3 Å². The van der Waals surface area contributed by atoms with Crippen molar-refractivity contribution >= 4 is 54.1 Å². The molecule has 0 aliphatic heterocycles. The molecule has 0 amide bonds. The molecule has 0 radical (unpaired) electrons. The van der Waals surface area contributed by atoms with Crippen LogP contribution in [0.2, 0.25) is 0 Å². The van der Waals surface area contributed by atoms with E-state index in [0.29, 0.717) is 0 Å². The summed E-state index contributed by atoms with van der Waals surface area (Å²) in [5.74, 6) is 1.07. The summed E-state index contributed by atoms with van der Waals surface area (Å²) in [5.41, 5.74) is 10.7. The van der Waals surface area contributed by atoms with Gasteiger partial charge in [0.2, 0.25) is 0 Å². The van der Waals surface area contributed by atoms with Crippen molar-refractivity contribution < 1.29 is 0 Å². The van der Waals surface area contributed by atoms with Gasteiger partial charge in [-0.2, -0.15) is 0 Å². The van der Waals surface area contributed by atoms with E-state index in [-0.39, 0.29) is 0 Å². The van der Waals surface area contributed by atoms with Crippen LogP contribution in [0.4, 0.5) is 0 Å². The van der Waals surface area contributed by atoms with Crippen LogP contribution in [-0.4, -0.2) is 9.55 Å². The van der Waals surface area contributed by atoms with Gasteiger partial charge in [0, 0.05) is 12.1 Å². The van der Waals surface area contributed by atoms with Gasteiger partial charge < -0.3 is 0 Å². The summed E-state index contributed by atoms with van der Waals surface area (Å²) in [5, 5.41) is 10.0. The van der Waals surface area contributed by atoms with Crippen LogP contribution in [0.1, 0.15) is 12.7 Å². The maximum atomic E-state index is 4.95. The molecule has 2 heteroatoms. The van der Waals surface area contributed by atoms with Crippen LogP contribution in [0.3, 0.4) is 0 Å². The Morgan fingerprint density at radius 1 is 0.412 bits per heavy atom. The predicted octanol–water partition coefficient (Wildman–Crippen LogP) is 13.2. The Balaban J connectivity index is 1.24. The SMILES string of the molecule is CCc1nc2ccccc2n1-c1ccc(-c2c3ccccc3c(-c3ccc4ccccc4c3)c3ccc(-c4ccc5ccccc5c4)cc23)cc1. The Bertz CT molecular complexity index is 2950. The maximum Gasteiger partial charge on any atom is 0.114 e. The molecule has 9 aromatic carbocycles. The molecule has 240 valence electrons. The molecule has 1 aromatic heterocycles. The Hall–Kier alpha value is -6.51. The number of rotatable bonds is 5. The van der Waals surface area contributed by atoms with Gasteiger partial charge in [-0.15, -0.1) is 0 Å². The monoisotopic (exact) mass is 650 g/mol. The van der Waals surface area contributed by atoms with Gasteiger partial charge in [-0.25, -0.2) is 4.98 Å². The van der Waals surface area contributed by atoms with Crippen molar-refractivity contribution in [3.8, 4) is 39.1 Å². The third-order valence-corrected chi connectivity index (χ3v) is 10.5. The third-order valence-electron chi connectivity index (χ3n) is 10.5. The highest BCUT2D eigenvalue weighted by Crippen LogP contribution is 2.45. The van der Waals surface area contributed by atoms with Crippen LogP contribution in [0.15, 0.2) is 176 Å². The molecule has 0 aliphatic rings. The molecule has 51 heavy (non-hydrogen) atoms. The Kier molecular flexibility index (Phi) is 6.82. The van der Waals surface area contributed by atoms with E-state index in [2.05, 4.69) is 187 Å². The molecule has 1 heterocycles. The first-order valence-corrected chi connectivity index (χ1v) is 17.8. The molecular weight excluding hydrogens is 617 g/mol. The highest BCUT2D eigenvalue weighted by atomic mass is 15.1. The first kappa shape index (κ1) is 29.4. The summed E-state index contributed by atoms with van der Waals surface area (Å²) in [7, 11) is 0. The molecule has 0 aliphatic carbocycles. The quantitative estimate of drug-likeness (QED) is 0.170. The van der Waals surface area contributed by atoms with Crippen LogP contribution in [0.25, 0.3) is 93.2 Å². The van der Waals surface area contributed by atoms with E-state index < -0.39 is 0 Å². The van der Waals surface area contributed by atoms with Gasteiger partial charge in [-0.05, 0) is 119 Å². The fourth-order valence-corrected chi connectivity index (χ4v) is 8.07. The molecule has 0 unspecified atom stereocenters. The molecule has 0 fully saturated rings. The summed E-state index contributed by atoms with van der Waals surface area (Å²) in [6, 6.07) is 64.5. The minimum atomic E-state index is 0.861. The van der Waals surface area contributed by atoms with Gasteiger partial charge in [-0.3, -0.25) is 4.57 Å². The zero-order chi connectivity index (χ0) is 33.9. The minimum absolute atomic E-state index is 0.861. The van der Waals surface area contributed by atoms with Crippen molar-refractivity contribution in [1.29, 1.82) is 0 Å². The molecule has 0 bridgehead atoms. The number of benzene rings is 9. The van der Waals surface area contributed by atoms with E-state index in [0.717, 1.165) is 29.0 Å². The fourth-order valence-electron chi connectivity index (χ4n) is 8.07. The zero-order valence-electron chi connectivity index (χ0n) is 28.3. The molecule has 10 aromatic rings. The van der Waals surface area contributed by atoms with Gasteiger partial charge in [0.25, 0.3) is 0 Å². The second-order valence-corrected chi connectivity index (χ2v) is 13.4. The summed E-state index contributed by atoms with van der Waals surface area (Å²) in [6.07, 6.45) is 0.861. The molecule has 0 N–H and O–H groups in total. The Morgan fingerprint density at radius 2 is 0.922 bits per heavy atom. The summed E-state index contributed by atoms with van der Waals surface area (Å²) in [4.78, 5) is 4.95.